The van der Waals surface area contributed by atoms with E-state index >= 15 is 0 Å². The summed E-state index contributed by atoms with van der Waals surface area (Å²) in [6.07, 6.45) is 0.194. The first-order valence-corrected chi connectivity index (χ1v) is 11.0. The van der Waals surface area contributed by atoms with Crippen LogP contribution in [0.15, 0.2) is 35.2 Å². The molecular formula is C20H29N5O3S. The number of aryl methyl sites for hydroxylation is 1. The van der Waals surface area contributed by atoms with Gasteiger partial charge in [0.05, 0.1) is 16.6 Å². The lowest BCUT2D eigenvalue weighted by molar-refractivity contribution is -0.120. The van der Waals surface area contributed by atoms with Crippen LogP contribution in [-0.4, -0.2) is 56.7 Å². The Morgan fingerprint density at radius 1 is 1.10 bits per heavy atom. The fourth-order valence-electron chi connectivity index (χ4n) is 2.58. The van der Waals surface area contributed by atoms with E-state index in [0.717, 1.165) is 11.4 Å². The predicted octanol–water partition coefficient (Wildman–Crippen LogP) is 1.80. The van der Waals surface area contributed by atoms with Crippen molar-refractivity contribution in [2.75, 3.05) is 37.4 Å². The van der Waals surface area contributed by atoms with E-state index in [2.05, 4.69) is 20.6 Å². The fraction of sp³-hybridized carbons (Fsp3) is 0.450. The SMILES string of the molecule is Cc1nc(NCCNC(=O)Cc2ccc(S(=O)(=O)C(C)C)cc2)cc(N(C)C)n1. The lowest BCUT2D eigenvalue weighted by Crippen LogP contribution is -2.30. The molecule has 0 radical (unpaired) electrons. The molecular weight excluding hydrogens is 390 g/mol. The van der Waals surface area contributed by atoms with Gasteiger partial charge in [0.1, 0.15) is 17.5 Å². The monoisotopic (exact) mass is 419 g/mol. The van der Waals surface area contributed by atoms with Crippen molar-refractivity contribution in [3.8, 4) is 0 Å². The lowest BCUT2D eigenvalue weighted by atomic mass is 10.1. The maximum atomic E-state index is 12.1. The molecule has 1 aromatic carbocycles. The molecule has 0 spiro atoms. The van der Waals surface area contributed by atoms with Gasteiger partial charge >= 0.3 is 0 Å². The number of nitrogens with one attached hydrogen (secondary N) is 2. The molecule has 9 heteroatoms. The first-order valence-electron chi connectivity index (χ1n) is 9.46. The van der Waals surface area contributed by atoms with E-state index in [-0.39, 0.29) is 17.2 Å². The molecule has 1 amide bonds. The second kappa shape index (κ2) is 9.69. The molecule has 2 rings (SSSR count). The van der Waals surface area contributed by atoms with Crippen LogP contribution in [0.4, 0.5) is 11.6 Å². The summed E-state index contributed by atoms with van der Waals surface area (Å²) in [6, 6.07) is 8.32. The van der Waals surface area contributed by atoms with Crippen LogP contribution in [0, 0.1) is 6.92 Å². The van der Waals surface area contributed by atoms with Crippen LogP contribution in [0.1, 0.15) is 25.2 Å². The molecule has 1 aromatic heterocycles. The minimum Gasteiger partial charge on any atom is -0.368 e. The molecule has 0 bridgehead atoms. The van der Waals surface area contributed by atoms with E-state index in [1.807, 2.05) is 32.0 Å². The number of nitrogens with zero attached hydrogens (tertiary/aromatic N) is 3. The number of rotatable bonds is 9. The van der Waals surface area contributed by atoms with E-state index in [4.69, 9.17) is 0 Å². The van der Waals surface area contributed by atoms with Crippen molar-refractivity contribution in [1.82, 2.24) is 15.3 Å². The third-order valence-electron chi connectivity index (χ3n) is 4.27. The normalized spacial score (nSPS) is 11.4. The van der Waals surface area contributed by atoms with Crippen LogP contribution in [0.2, 0.25) is 0 Å². The molecule has 158 valence electrons. The summed E-state index contributed by atoms with van der Waals surface area (Å²) in [5.74, 6) is 2.06. The minimum absolute atomic E-state index is 0.126. The van der Waals surface area contributed by atoms with Crippen molar-refractivity contribution in [2.24, 2.45) is 0 Å². The van der Waals surface area contributed by atoms with Gasteiger partial charge in [-0.15, -0.1) is 0 Å². The topological polar surface area (TPSA) is 104 Å². The smallest absolute Gasteiger partial charge is 0.224 e. The molecule has 0 aliphatic carbocycles. The summed E-state index contributed by atoms with van der Waals surface area (Å²) in [7, 11) is 0.527. The predicted molar refractivity (Wildman–Crippen MR) is 115 cm³/mol. The average molecular weight is 420 g/mol. The third-order valence-corrected chi connectivity index (χ3v) is 6.44. The first-order chi connectivity index (χ1) is 13.6. The molecule has 0 atom stereocenters. The molecule has 2 aromatic rings. The van der Waals surface area contributed by atoms with Crippen molar-refractivity contribution < 1.29 is 13.2 Å². The van der Waals surface area contributed by atoms with Crippen LogP contribution in [0.5, 0.6) is 0 Å². The van der Waals surface area contributed by atoms with Crippen molar-refractivity contribution in [3.63, 3.8) is 0 Å². The Bertz CT molecular complexity index is 941. The van der Waals surface area contributed by atoms with Gasteiger partial charge in [-0.25, -0.2) is 18.4 Å². The van der Waals surface area contributed by atoms with E-state index in [0.29, 0.717) is 24.7 Å². The van der Waals surface area contributed by atoms with Gasteiger partial charge in [-0.2, -0.15) is 0 Å². The number of anilines is 2. The second-order valence-electron chi connectivity index (χ2n) is 7.24. The maximum Gasteiger partial charge on any atom is 0.224 e. The number of benzene rings is 1. The highest BCUT2D eigenvalue weighted by atomic mass is 32.2. The summed E-state index contributed by atoms with van der Waals surface area (Å²) in [5.41, 5.74) is 0.764. The molecule has 29 heavy (non-hydrogen) atoms. The minimum atomic E-state index is -3.30. The van der Waals surface area contributed by atoms with Crippen molar-refractivity contribution in [2.45, 2.75) is 37.3 Å². The Morgan fingerprint density at radius 2 is 1.76 bits per heavy atom. The summed E-state index contributed by atoms with van der Waals surface area (Å²) in [5, 5.41) is 5.54. The highest BCUT2D eigenvalue weighted by Gasteiger charge is 2.18. The van der Waals surface area contributed by atoms with Crippen molar-refractivity contribution in [1.29, 1.82) is 0 Å². The molecule has 8 nitrogen and oxygen atoms in total. The zero-order chi connectivity index (χ0) is 21.6. The standard InChI is InChI=1S/C20H29N5O3S/c1-14(2)29(27,28)17-8-6-16(7-9-17)12-20(26)22-11-10-21-18-13-19(25(4)5)24-15(3)23-18/h6-9,13-14H,10-12H2,1-5H3,(H,22,26)(H,21,23,24). The van der Waals surface area contributed by atoms with Gasteiger partial charge < -0.3 is 15.5 Å². The Labute approximate surface area is 172 Å². The highest BCUT2D eigenvalue weighted by Crippen LogP contribution is 2.17. The summed E-state index contributed by atoms with van der Waals surface area (Å²) < 4.78 is 24.3. The summed E-state index contributed by atoms with van der Waals surface area (Å²) in [4.78, 5) is 23.0. The Morgan fingerprint density at radius 3 is 2.34 bits per heavy atom. The van der Waals surface area contributed by atoms with E-state index in [1.165, 1.54) is 0 Å². The van der Waals surface area contributed by atoms with Crippen LogP contribution in [0.25, 0.3) is 0 Å². The van der Waals surface area contributed by atoms with Crippen LogP contribution >= 0.6 is 0 Å². The third kappa shape index (κ3) is 6.42. The molecule has 1 heterocycles. The Hall–Kier alpha value is -2.68. The average Bonchev–Trinajstić information content (AvgIpc) is 2.65. The first kappa shape index (κ1) is 22.6. The van der Waals surface area contributed by atoms with Gasteiger partial charge in [-0.05, 0) is 38.5 Å². The van der Waals surface area contributed by atoms with Gasteiger partial charge in [-0.3, -0.25) is 4.79 Å². The number of sulfone groups is 1. The quantitative estimate of drug-likeness (QED) is 0.597. The number of aromatic nitrogens is 2. The number of carbonyl (C=O) groups is 1. The summed E-state index contributed by atoms with van der Waals surface area (Å²) in [6.45, 7) is 6.10. The molecule has 2 N–H and O–H groups in total. The largest absolute Gasteiger partial charge is 0.368 e. The van der Waals surface area contributed by atoms with Gasteiger partial charge in [0.2, 0.25) is 5.91 Å². The lowest BCUT2D eigenvalue weighted by Gasteiger charge is -2.14. The van der Waals surface area contributed by atoms with Gasteiger partial charge in [0.25, 0.3) is 0 Å². The van der Waals surface area contributed by atoms with Crippen LogP contribution in [0.3, 0.4) is 0 Å². The Balaban J connectivity index is 1.82. The number of carbonyl (C=O) groups excluding carboxylic acids is 1. The molecule has 0 saturated carbocycles. The summed E-state index contributed by atoms with van der Waals surface area (Å²) >= 11 is 0. The maximum absolute atomic E-state index is 12.1. The second-order valence-corrected chi connectivity index (χ2v) is 9.75. The van der Waals surface area contributed by atoms with Crippen LogP contribution in [-0.2, 0) is 21.1 Å². The van der Waals surface area contributed by atoms with Gasteiger partial charge in [-0.1, -0.05) is 12.1 Å². The number of hydrogen-bond acceptors (Lipinski definition) is 7. The number of hydrogen-bond donors (Lipinski definition) is 2. The van der Waals surface area contributed by atoms with E-state index in [1.54, 1.807) is 38.1 Å². The van der Waals surface area contributed by atoms with E-state index < -0.39 is 15.1 Å². The highest BCUT2D eigenvalue weighted by molar-refractivity contribution is 7.92. The molecule has 0 saturated heterocycles. The van der Waals surface area contributed by atoms with Gasteiger partial charge in [0, 0.05) is 33.3 Å². The molecule has 0 aliphatic rings. The molecule has 0 aliphatic heterocycles. The van der Waals surface area contributed by atoms with Crippen LogP contribution < -0.4 is 15.5 Å². The van der Waals surface area contributed by atoms with Gasteiger partial charge in [0.15, 0.2) is 9.84 Å². The molecule has 0 unspecified atom stereocenters. The zero-order valence-corrected chi connectivity index (χ0v) is 18.4. The molecule has 0 fully saturated rings. The number of amides is 1. The van der Waals surface area contributed by atoms with Crippen molar-refractivity contribution >= 4 is 27.4 Å². The van der Waals surface area contributed by atoms with E-state index in [9.17, 15) is 13.2 Å². The zero-order valence-electron chi connectivity index (χ0n) is 17.6. The Kier molecular flexibility index (Phi) is 7.55. The fourth-order valence-corrected chi connectivity index (χ4v) is 3.64. The van der Waals surface area contributed by atoms with Crippen molar-refractivity contribution in [3.05, 3.63) is 41.7 Å².